The number of benzene rings is 1. The molecule has 0 bridgehead atoms. The van der Waals surface area contributed by atoms with E-state index in [4.69, 9.17) is 5.11 Å². The van der Waals surface area contributed by atoms with Crippen molar-refractivity contribution in [3.05, 3.63) is 39.1 Å². The zero-order valence-electron chi connectivity index (χ0n) is 10.1. The summed E-state index contributed by atoms with van der Waals surface area (Å²) in [5, 5.41) is 11.8. The number of thiazole rings is 1. The van der Waals surface area contributed by atoms with Crippen molar-refractivity contribution in [3.8, 4) is 0 Å². The van der Waals surface area contributed by atoms with Crippen LogP contribution in [0.1, 0.15) is 27.1 Å². The molecule has 0 radical (unpaired) electrons. The Morgan fingerprint density at radius 2 is 2.15 bits per heavy atom. The molecule has 1 aromatic heterocycles. The molecule has 0 aliphatic carbocycles. The minimum absolute atomic E-state index is 0.0235. The van der Waals surface area contributed by atoms with Crippen molar-refractivity contribution in [1.82, 2.24) is 4.98 Å². The quantitative estimate of drug-likeness (QED) is 0.814. The van der Waals surface area contributed by atoms with E-state index in [-0.39, 0.29) is 21.4 Å². The molecule has 1 heterocycles. The fourth-order valence-corrected chi connectivity index (χ4v) is 2.69. The maximum absolute atomic E-state index is 13.6. The zero-order valence-corrected chi connectivity index (χ0v) is 12.5. The lowest BCUT2D eigenvalue weighted by molar-refractivity contribution is 0.0687. The largest absolute Gasteiger partial charge is 0.476 e. The first-order valence-corrected chi connectivity index (χ1v) is 6.96. The van der Waals surface area contributed by atoms with Crippen LogP contribution in [0.15, 0.2) is 22.7 Å². The molecule has 2 aromatic rings. The molecule has 0 unspecified atom stereocenters. The summed E-state index contributed by atoms with van der Waals surface area (Å²) >= 11 is 4.07. The lowest BCUT2D eigenvalue weighted by atomic mass is 10.3. The number of anilines is 2. The number of carbonyl (C=O) groups excluding carboxylic acids is 1. The minimum atomic E-state index is -1.30. The molecule has 5 nitrogen and oxygen atoms in total. The number of nitrogens with one attached hydrogen (secondary N) is 1. The summed E-state index contributed by atoms with van der Waals surface area (Å²) in [6.45, 7) is 1.25. The smallest absolute Gasteiger partial charge is 0.356 e. The molecule has 0 spiro atoms. The van der Waals surface area contributed by atoms with Gasteiger partial charge in [0.25, 0.3) is 0 Å². The molecular weight excluding hydrogens is 351 g/mol. The number of ketones is 1. The number of hydrogen-bond donors (Lipinski definition) is 2. The van der Waals surface area contributed by atoms with Gasteiger partial charge in [-0.25, -0.2) is 14.2 Å². The number of aromatic carboxylic acids is 1. The highest BCUT2D eigenvalue weighted by Crippen LogP contribution is 2.29. The SMILES string of the molecule is CC(=O)c1sc(Nc2cc(Br)ccc2F)nc1C(=O)O. The Hall–Kier alpha value is -1.80. The maximum Gasteiger partial charge on any atom is 0.356 e. The van der Waals surface area contributed by atoms with Crippen LogP contribution in [0, 0.1) is 5.82 Å². The Bertz CT molecular complexity index is 671. The average Bonchev–Trinajstić information content (AvgIpc) is 2.78. The number of carboxylic acids is 1. The molecule has 0 aliphatic heterocycles. The van der Waals surface area contributed by atoms with Gasteiger partial charge in [-0.1, -0.05) is 27.3 Å². The third-order valence-electron chi connectivity index (χ3n) is 2.32. The van der Waals surface area contributed by atoms with Gasteiger partial charge in [0.2, 0.25) is 0 Å². The monoisotopic (exact) mass is 358 g/mol. The third kappa shape index (κ3) is 3.02. The standard InChI is InChI=1S/C12H8BrFN2O3S/c1-5(17)10-9(11(18)19)16-12(20-10)15-8-4-6(13)2-3-7(8)14/h2-4H,1H3,(H,15,16)(H,18,19). The number of hydrogen-bond acceptors (Lipinski definition) is 5. The van der Waals surface area contributed by atoms with Crippen molar-refractivity contribution in [2.75, 3.05) is 5.32 Å². The van der Waals surface area contributed by atoms with Gasteiger partial charge in [0.1, 0.15) is 10.7 Å². The van der Waals surface area contributed by atoms with Crippen LogP contribution >= 0.6 is 27.3 Å². The van der Waals surface area contributed by atoms with Crippen molar-refractivity contribution < 1.29 is 19.1 Å². The van der Waals surface area contributed by atoms with Crippen LogP contribution in [0.25, 0.3) is 0 Å². The summed E-state index contributed by atoms with van der Waals surface area (Å²) < 4.78 is 14.2. The molecule has 20 heavy (non-hydrogen) atoms. The van der Waals surface area contributed by atoms with Crippen LogP contribution < -0.4 is 5.32 Å². The van der Waals surface area contributed by atoms with Gasteiger partial charge in [-0.2, -0.15) is 0 Å². The number of Topliss-reactive ketones (excluding diaryl/α,β-unsaturated/α-hetero) is 1. The molecule has 0 saturated carbocycles. The summed E-state index contributed by atoms with van der Waals surface area (Å²) in [5.41, 5.74) is -0.194. The van der Waals surface area contributed by atoms with Gasteiger partial charge in [-0.05, 0) is 18.2 Å². The second-order valence-electron chi connectivity index (χ2n) is 3.81. The van der Waals surface area contributed by atoms with E-state index in [2.05, 4.69) is 26.2 Å². The molecule has 0 atom stereocenters. The van der Waals surface area contributed by atoms with Gasteiger partial charge in [0.15, 0.2) is 16.6 Å². The first kappa shape index (κ1) is 14.6. The van der Waals surface area contributed by atoms with Crippen LogP contribution in [-0.4, -0.2) is 21.8 Å². The molecule has 2 rings (SSSR count). The number of carboxylic acid groups (broad SMARTS) is 1. The van der Waals surface area contributed by atoms with Crippen LogP contribution in [0.3, 0.4) is 0 Å². The first-order chi connectivity index (χ1) is 9.38. The van der Waals surface area contributed by atoms with Crippen LogP contribution in [0.2, 0.25) is 0 Å². The summed E-state index contributed by atoms with van der Waals surface area (Å²) in [7, 11) is 0. The normalized spacial score (nSPS) is 10.3. The Balaban J connectivity index is 2.39. The predicted octanol–water partition coefficient (Wildman–Crippen LogP) is 3.69. The van der Waals surface area contributed by atoms with Crippen molar-refractivity contribution in [3.63, 3.8) is 0 Å². The molecule has 8 heteroatoms. The Morgan fingerprint density at radius 3 is 2.70 bits per heavy atom. The zero-order chi connectivity index (χ0) is 14.9. The van der Waals surface area contributed by atoms with E-state index >= 15 is 0 Å². The van der Waals surface area contributed by atoms with E-state index in [9.17, 15) is 14.0 Å². The van der Waals surface area contributed by atoms with E-state index in [0.717, 1.165) is 11.3 Å². The van der Waals surface area contributed by atoms with E-state index in [1.165, 1.54) is 25.1 Å². The number of rotatable bonds is 4. The molecule has 0 aliphatic rings. The summed E-state index contributed by atoms with van der Waals surface area (Å²) in [6, 6.07) is 4.28. The molecule has 1 aromatic carbocycles. The second-order valence-corrected chi connectivity index (χ2v) is 5.72. The lowest BCUT2D eigenvalue weighted by Gasteiger charge is -2.04. The van der Waals surface area contributed by atoms with Gasteiger partial charge in [-0.3, -0.25) is 4.79 Å². The maximum atomic E-state index is 13.6. The number of halogens is 2. The topological polar surface area (TPSA) is 79.3 Å². The minimum Gasteiger partial charge on any atom is -0.476 e. The predicted molar refractivity (Wildman–Crippen MR) is 76.5 cm³/mol. The van der Waals surface area contributed by atoms with Crippen LogP contribution in [0.5, 0.6) is 0 Å². The highest BCUT2D eigenvalue weighted by Gasteiger charge is 2.21. The van der Waals surface area contributed by atoms with Crippen LogP contribution in [-0.2, 0) is 0 Å². The Morgan fingerprint density at radius 1 is 1.45 bits per heavy atom. The number of nitrogens with zero attached hydrogens (tertiary/aromatic N) is 1. The Labute approximate surface area is 125 Å². The van der Waals surface area contributed by atoms with Crippen molar-refractivity contribution in [2.45, 2.75) is 6.92 Å². The molecule has 0 fully saturated rings. The average molecular weight is 359 g/mol. The Kier molecular flexibility index (Phi) is 4.15. The van der Waals surface area contributed by atoms with Gasteiger partial charge in [-0.15, -0.1) is 0 Å². The highest BCUT2D eigenvalue weighted by atomic mass is 79.9. The fraction of sp³-hybridized carbons (Fsp3) is 0.0833. The third-order valence-corrected chi connectivity index (χ3v) is 3.88. The molecule has 0 saturated heterocycles. The first-order valence-electron chi connectivity index (χ1n) is 5.35. The highest BCUT2D eigenvalue weighted by molar-refractivity contribution is 9.10. The fourth-order valence-electron chi connectivity index (χ4n) is 1.47. The molecule has 2 N–H and O–H groups in total. The molecule has 0 amide bonds. The van der Waals surface area contributed by atoms with Crippen molar-refractivity contribution in [2.24, 2.45) is 0 Å². The van der Waals surface area contributed by atoms with Crippen molar-refractivity contribution >= 4 is 49.8 Å². The van der Waals surface area contributed by atoms with Gasteiger partial charge < -0.3 is 10.4 Å². The van der Waals surface area contributed by atoms with E-state index in [1.54, 1.807) is 0 Å². The number of aromatic nitrogens is 1. The van der Waals surface area contributed by atoms with Crippen LogP contribution in [0.4, 0.5) is 15.2 Å². The van der Waals surface area contributed by atoms with E-state index in [0.29, 0.717) is 4.47 Å². The molecular formula is C12H8BrFN2O3S. The van der Waals surface area contributed by atoms with Gasteiger partial charge in [0, 0.05) is 11.4 Å². The molecule has 104 valence electrons. The summed E-state index contributed by atoms with van der Waals surface area (Å²) in [4.78, 5) is 26.2. The van der Waals surface area contributed by atoms with Crippen molar-refractivity contribution in [1.29, 1.82) is 0 Å². The lowest BCUT2D eigenvalue weighted by Crippen LogP contribution is -2.03. The second kappa shape index (κ2) is 5.68. The summed E-state index contributed by atoms with van der Waals surface area (Å²) in [6.07, 6.45) is 0. The van der Waals surface area contributed by atoms with E-state index in [1.807, 2.05) is 0 Å². The summed E-state index contributed by atoms with van der Waals surface area (Å²) in [5.74, 6) is -2.21. The number of carbonyl (C=O) groups is 2. The van der Waals surface area contributed by atoms with E-state index < -0.39 is 17.6 Å². The van der Waals surface area contributed by atoms with Gasteiger partial charge >= 0.3 is 5.97 Å². The van der Waals surface area contributed by atoms with Gasteiger partial charge in [0.05, 0.1) is 5.69 Å².